The third-order valence-electron chi connectivity index (χ3n) is 3.01. The smallest absolute Gasteiger partial charge is 0.119 e. The van der Waals surface area contributed by atoms with Crippen LogP contribution in [0.25, 0.3) is 9.81 Å². The number of nitrogens with one attached hydrogen (secondary N) is 1. The van der Waals surface area contributed by atoms with Crippen molar-refractivity contribution >= 4 is 33.7 Å². The molecule has 0 bridgehead atoms. The Morgan fingerprint density at radius 3 is 2.10 bits per heavy atom. The molecule has 3 rings (SSSR count). The molecule has 2 N–H and O–H groups in total. The van der Waals surface area contributed by atoms with Gasteiger partial charge in [-0.05, 0) is 47.2 Å². The molecule has 0 saturated carbocycles. The molecule has 0 spiro atoms. The van der Waals surface area contributed by atoms with E-state index >= 15 is 0 Å². The van der Waals surface area contributed by atoms with E-state index in [1.807, 2.05) is 30.3 Å². The van der Waals surface area contributed by atoms with Crippen molar-refractivity contribution in [3.8, 4) is 5.75 Å². The summed E-state index contributed by atoms with van der Waals surface area (Å²) in [5.41, 5.74) is 2.38. The maximum Gasteiger partial charge on any atom is 0.119 e. The number of ether oxygens (including phenoxy) is 1. The molecule has 0 aromatic heterocycles. The zero-order valence-corrected chi connectivity index (χ0v) is 12.9. The predicted molar refractivity (Wildman–Crippen MR) is 90.6 cm³/mol. The van der Waals surface area contributed by atoms with Gasteiger partial charge in [0.15, 0.2) is 0 Å². The summed E-state index contributed by atoms with van der Waals surface area (Å²) in [5, 5.41) is 8.77. The Labute approximate surface area is 132 Å². The van der Waals surface area contributed by atoms with E-state index in [4.69, 9.17) is 9.84 Å². The summed E-state index contributed by atoms with van der Waals surface area (Å²) in [5.74, 6) is 0.776. The monoisotopic (exact) mass is 317 g/mol. The van der Waals surface area contributed by atoms with Crippen molar-refractivity contribution in [2.75, 3.05) is 13.2 Å². The van der Waals surface area contributed by atoms with Crippen LogP contribution in [0.15, 0.2) is 54.6 Å². The minimum atomic E-state index is 0.0292. The van der Waals surface area contributed by atoms with Crippen molar-refractivity contribution in [1.29, 1.82) is 0 Å². The minimum Gasteiger partial charge on any atom is -0.491 e. The molecule has 1 heterocycles. The number of aliphatic hydroxyl groups is 1. The number of benzene rings is 2. The van der Waals surface area contributed by atoms with Crippen LogP contribution in [0.2, 0.25) is 0 Å². The Kier molecular flexibility index (Phi) is 4.87. The van der Waals surface area contributed by atoms with Gasteiger partial charge in [0, 0.05) is 9.81 Å². The van der Waals surface area contributed by atoms with E-state index in [1.165, 1.54) is 15.4 Å². The molecule has 108 valence electrons. The van der Waals surface area contributed by atoms with Crippen LogP contribution in [0, 0.1) is 0 Å². The molecule has 0 atom stereocenters. The highest BCUT2D eigenvalue weighted by Crippen LogP contribution is 2.46. The SMILES string of the molecule is OCCOc1ccc(C2=C(c3ccccc3)SNS2)cc1. The molecule has 1 aliphatic rings. The normalized spacial score (nSPS) is 14.5. The highest BCUT2D eigenvalue weighted by Gasteiger charge is 2.19. The highest BCUT2D eigenvalue weighted by atomic mass is 32.2. The summed E-state index contributed by atoms with van der Waals surface area (Å²) in [6.45, 7) is 0.352. The number of aliphatic hydroxyl groups excluding tert-OH is 1. The van der Waals surface area contributed by atoms with Crippen LogP contribution in [-0.2, 0) is 0 Å². The van der Waals surface area contributed by atoms with E-state index in [0.717, 1.165) is 11.3 Å². The van der Waals surface area contributed by atoms with Gasteiger partial charge in [0.25, 0.3) is 0 Å². The Balaban J connectivity index is 1.88. The average molecular weight is 317 g/mol. The van der Waals surface area contributed by atoms with Crippen molar-refractivity contribution in [1.82, 2.24) is 4.13 Å². The molecule has 0 fully saturated rings. The van der Waals surface area contributed by atoms with E-state index in [2.05, 4.69) is 28.4 Å². The summed E-state index contributed by atoms with van der Waals surface area (Å²) >= 11 is 3.28. The van der Waals surface area contributed by atoms with Gasteiger partial charge in [-0.15, -0.1) is 0 Å². The van der Waals surface area contributed by atoms with Gasteiger partial charge in [0.05, 0.1) is 6.61 Å². The molecule has 2 aromatic rings. The molecule has 5 heteroatoms. The predicted octanol–water partition coefficient (Wildman–Crippen LogP) is 3.78. The summed E-state index contributed by atoms with van der Waals surface area (Å²) in [7, 11) is 0. The van der Waals surface area contributed by atoms with Gasteiger partial charge < -0.3 is 9.84 Å². The van der Waals surface area contributed by atoms with Crippen LogP contribution >= 0.6 is 23.9 Å². The van der Waals surface area contributed by atoms with Gasteiger partial charge in [-0.1, -0.05) is 42.5 Å². The molecule has 0 unspecified atom stereocenters. The van der Waals surface area contributed by atoms with E-state index in [0.29, 0.717) is 6.61 Å². The van der Waals surface area contributed by atoms with Crippen molar-refractivity contribution in [2.24, 2.45) is 0 Å². The first kappa shape index (κ1) is 14.5. The number of rotatable bonds is 5. The molecular weight excluding hydrogens is 302 g/mol. The summed E-state index contributed by atoms with van der Waals surface area (Å²) in [4.78, 5) is 2.46. The average Bonchev–Trinajstić information content (AvgIpc) is 3.04. The second-order valence-corrected chi connectivity index (χ2v) is 6.30. The first-order valence-electron chi connectivity index (χ1n) is 6.61. The molecular formula is C16H15NO2S2. The van der Waals surface area contributed by atoms with Crippen LogP contribution in [0.3, 0.4) is 0 Å². The summed E-state index contributed by atoms with van der Waals surface area (Å²) in [6.07, 6.45) is 0. The molecule has 3 nitrogen and oxygen atoms in total. The standard InChI is InChI=1S/C16H15NO2S2/c18-10-11-19-14-8-6-13(7-9-14)16-15(20-17-21-16)12-4-2-1-3-5-12/h1-9,17-18H,10-11H2. The van der Waals surface area contributed by atoms with Crippen LogP contribution in [0.4, 0.5) is 0 Å². The van der Waals surface area contributed by atoms with E-state index < -0.39 is 0 Å². The lowest BCUT2D eigenvalue weighted by molar-refractivity contribution is 0.201. The van der Waals surface area contributed by atoms with E-state index in [1.54, 1.807) is 23.9 Å². The van der Waals surface area contributed by atoms with E-state index in [9.17, 15) is 0 Å². The maximum atomic E-state index is 8.77. The van der Waals surface area contributed by atoms with Gasteiger partial charge in [-0.25, -0.2) is 0 Å². The molecule has 2 aromatic carbocycles. The lowest BCUT2D eigenvalue weighted by atomic mass is 10.1. The molecule has 0 saturated heterocycles. The number of hydrogen-bond donors (Lipinski definition) is 2. The van der Waals surface area contributed by atoms with Gasteiger partial charge >= 0.3 is 0 Å². The van der Waals surface area contributed by atoms with Gasteiger partial charge in [-0.3, -0.25) is 0 Å². The van der Waals surface area contributed by atoms with Crippen LogP contribution in [0.5, 0.6) is 5.75 Å². The van der Waals surface area contributed by atoms with Gasteiger partial charge in [0.2, 0.25) is 0 Å². The molecule has 1 aliphatic heterocycles. The fourth-order valence-corrected chi connectivity index (χ4v) is 4.04. The van der Waals surface area contributed by atoms with Crippen LogP contribution in [0.1, 0.15) is 11.1 Å². The van der Waals surface area contributed by atoms with Gasteiger partial charge in [0.1, 0.15) is 12.4 Å². The summed E-state index contributed by atoms with van der Waals surface area (Å²) in [6, 6.07) is 18.3. The van der Waals surface area contributed by atoms with Crippen LogP contribution in [-0.4, -0.2) is 18.3 Å². The Morgan fingerprint density at radius 1 is 0.857 bits per heavy atom. The topological polar surface area (TPSA) is 41.5 Å². The zero-order valence-electron chi connectivity index (χ0n) is 11.3. The van der Waals surface area contributed by atoms with Crippen molar-refractivity contribution < 1.29 is 9.84 Å². The quantitative estimate of drug-likeness (QED) is 0.821. The third-order valence-corrected chi connectivity index (χ3v) is 5.09. The van der Waals surface area contributed by atoms with Crippen molar-refractivity contribution in [3.05, 3.63) is 65.7 Å². The lowest BCUT2D eigenvalue weighted by Crippen LogP contribution is -2.01. The second-order valence-electron chi connectivity index (χ2n) is 4.41. The molecule has 0 aliphatic carbocycles. The molecule has 21 heavy (non-hydrogen) atoms. The van der Waals surface area contributed by atoms with E-state index in [-0.39, 0.29) is 6.61 Å². The Hall–Kier alpha value is -1.40. The fraction of sp³-hybridized carbons (Fsp3) is 0.125. The third kappa shape index (κ3) is 3.44. The summed E-state index contributed by atoms with van der Waals surface area (Å²) < 4.78 is 8.65. The fourth-order valence-electron chi connectivity index (χ4n) is 2.03. The zero-order chi connectivity index (χ0) is 14.5. The molecule has 0 amide bonds. The van der Waals surface area contributed by atoms with Crippen molar-refractivity contribution in [3.63, 3.8) is 0 Å². The second kappa shape index (κ2) is 7.04. The first-order valence-corrected chi connectivity index (χ1v) is 8.24. The Morgan fingerprint density at radius 2 is 1.48 bits per heavy atom. The van der Waals surface area contributed by atoms with Crippen LogP contribution < -0.4 is 8.86 Å². The highest BCUT2D eigenvalue weighted by molar-refractivity contribution is 8.25. The molecule has 0 radical (unpaired) electrons. The Bertz CT molecular complexity index is 626. The maximum absolute atomic E-state index is 8.77. The minimum absolute atomic E-state index is 0.0292. The number of hydrogen-bond acceptors (Lipinski definition) is 5. The first-order chi connectivity index (χ1) is 10.4. The largest absolute Gasteiger partial charge is 0.491 e. The van der Waals surface area contributed by atoms with Crippen molar-refractivity contribution in [2.45, 2.75) is 0 Å². The van der Waals surface area contributed by atoms with Gasteiger partial charge in [-0.2, -0.15) is 4.13 Å². The lowest BCUT2D eigenvalue weighted by Gasteiger charge is -2.07.